The van der Waals surface area contributed by atoms with E-state index in [1.165, 1.54) is 5.56 Å². The van der Waals surface area contributed by atoms with Crippen LogP contribution in [-0.4, -0.2) is 11.0 Å². The Labute approximate surface area is 85.5 Å². The summed E-state index contributed by atoms with van der Waals surface area (Å²) in [5.41, 5.74) is 7.18. The summed E-state index contributed by atoms with van der Waals surface area (Å²) >= 11 is 0. The van der Waals surface area contributed by atoms with Crippen molar-refractivity contribution >= 4 is 0 Å². The molecule has 0 aliphatic rings. The first kappa shape index (κ1) is 10.7. The van der Waals surface area contributed by atoms with Crippen molar-refractivity contribution in [2.45, 2.75) is 32.2 Å². The molecule has 1 aromatic rings. The van der Waals surface area contributed by atoms with E-state index in [2.05, 4.69) is 16.8 Å². The molecule has 2 heteroatoms. The molecule has 1 atom stereocenters. The van der Waals surface area contributed by atoms with Crippen LogP contribution in [0.25, 0.3) is 0 Å². The highest BCUT2D eigenvalue weighted by Gasteiger charge is 2.00. The molecule has 1 rings (SSSR count). The van der Waals surface area contributed by atoms with E-state index in [4.69, 9.17) is 5.73 Å². The third-order valence-electron chi connectivity index (χ3n) is 2.09. The Bertz CT molecular complexity index is 308. The number of nitrogens with zero attached hydrogens (tertiary/aromatic N) is 1. The number of aromatic nitrogens is 1. The first-order valence-corrected chi connectivity index (χ1v) is 4.87. The van der Waals surface area contributed by atoms with Crippen molar-refractivity contribution in [2.75, 3.05) is 0 Å². The molecule has 2 nitrogen and oxygen atoms in total. The zero-order valence-electron chi connectivity index (χ0n) is 8.53. The van der Waals surface area contributed by atoms with Crippen LogP contribution in [0.3, 0.4) is 0 Å². The fraction of sp³-hybridized carbons (Fsp3) is 0.417. The minimum absolute atomic E-state index is 0.190. The first-order valence-electron chi connectivity index (χ1n) is 4.87. The lowest BCUT2D eigenvalue weighted by Crippen LogP contribution is -2.19. The number of pyridine rings is 1. The van der Waals surface area contributed by atoms with E-state index in [0.717, 1.165) is 19.3 Å². The van der Waals surface area contributed by atoms with Crippen LogP contribution in [0.15, 0.2) is 24.5 Å². The van der Waals surface area contributed by atoms with E-state index in [0.29, 0.717) is 0 Å². The second-order valence-corrected chi connectivity index (χ2v) is 3.29. The average Bonchev–Trinajstić information content (AvgIpc) is 2.25. The minimum Gasteiger partial charge on any atom is -0.327 e. The Morgan fingerprint density at radius 2 is 2.14 bits per heavy atom. The van der Waals surface area contributed by atoms with Gasteiger partial charge in [0.05, 0.1) is 0 Å². The van der Waals surface area contributed by atoms with Gasteiger partial charge in [-0.15, -0.1) is 11.8 Å². The van der Waals surface area contributed by atoms with Gasteiger partial charge in [0.2, 0.25) is 0 Å². The molecule has 14 heavy (non-hydrogen) atoms. The molecule has 0 aliphatic heterocycles. The molecular formula is C12H16N2. The van der Waals surface area contributed by atoms with Crippen LogP contribution in [0.2, 0.25) is 0 Å². The van der Waals surface area contributed by atoms with E-state index in [-0.39, 0.29) is 6.04 Å². The van der Waals surface area contributed by atoms with Gasteiger partial charge in [-0.3, -0.25) is 4.98 Å². The molecule has 0 radical (unpaired) electrons. The van der Waals surface area contributed by atoms with Gasteiger partial charge in [0, 0.05) is 24.9 Å². The van der Waals surface area contributed by atoms with Gasteiger partial charge in [-0.2, -0.15) is 0 Å². The Morgan fingerprint density at radius 1 is 1.43 bits per heavy atom. The number of rotatable bonds is 4. The second-order valence-electron chi connectivity index (χ2n) is 3.29. The molecule has 2 N–H and O–H groups in total. The summed E-state index contributed by atoms with van der Waals surface area (Å²) in [5, 5.41) is 0. The van der Waals surface area contributed by atoms with Gasteiger partial charge in [0.1, 0.15) is 0 Å². The number of hydrogen-bond acceptors (Lipinski definition) is 2. The maximum atomic E-state index is 5.89. The van der Waals surface area contributed by atoms with E-state index < -0.39 is 0 Å². The highest BCUT2D eigenvalue weighted by molar-refractivity contribution is 5.10. The summed E-state index contributed by atoms with van der Waals surface area (Å²) in [5.74, 6) is 5.85. The van der Waals surface area contributed by atoms with Gasteiger partial charge < -0.3 is 5.73 Å². The summed E-state index contributed by atoms with van der Waals surface area (Å²) < 4.78 is 0. The zero-order valence-corrected chi connectivity index (χ0v) is 8.53. The molecule has 0 amide bonds. The van der Waals surface area contributed by atoms with Gasteiger partial charge >= 0.3 is 0 Å². The van der Waals surface area contributed by atoms with Gasteiger partial charge in [-0.25, -0.2) is 0 Å². The molecule has 74 valence electrons. The summed E-state index contributed by atoms with van der Waals surface area (Å²) in [7, 11) is 0. The standard InChI is InChI=1S/C12H16N2/c1-2-3-4-12(13)6-5-11-7-9-14-10-8-11/h7-10,12H,4-6,13H2,1H3. The lowest BCUT2D eigenvalue weighted by atomic mass is 10.1. The van der Waals surface area contributed by atoms with Crippen LogP contribution >= 0.6 is 0 Å². The van der Waals surface area contributed by atoms with E-state index >= 15 is 0 Å². The van der Waals surface area contributed by atoms with Crippen molar-refractivity contribution < 1.29 is 0 Å². The Kier molecular flexibility index (Phi) is 4.74. The lowest BCUT2D eigenvalue weighted by Gasteiger charge is -2.07. The average molecular weight is 188 g/mol. The van der Waals surface area contributed by atoms with Gasteiger partial charge in [0.15, 0.2) is 0 Å². The molecule has 0 fully saturated rings. The van der Waals surface area contributed by atoms with Crippen LogP contribution in [0, 0.1) is 11.8 Å². The maximum Gasteiger partial charge on any atom is 0.0270 e. The zero-order chi connectivity index (χ0) is 10.2. The Balaban J connectivity index is 2.29. The Hall–Kier alpha value is -1.33. The van der Waals surface area contributed by atoms with Crippen molar-refractivity contribution in [3.63, 3.8) is 0 Å². The number of aryl methyl sites for hydroxylation is 1. The monoisotopic (exact) mass is 188 g/mol. The quantitative estimate of drug-likeness (QED) is 0.731. The summed E-state index contributed by atoms with van der Waals surface area (Å²) in [4.78, 5) is 3.97. The summed E-state index contributed by atoms with van der Waals surface area (Å²) in [6.45, 7) is 1.84. The van der Waals surface area contributed by atoms with E-state index in [9.17, 15) is 0 Å². The fourth-order valence-corrected chi connectivity index (χ4v) is 1.24. The lowest BCUT2D eigenvalue weighted by molar-refractivity contribution is 0.628. The molecule has 1 heterocycles. The molecular weight excluding hydrogens is 172 g/mol. The van der Waals surface area contributed by atoms with Crippen molar-refractivity contribution in [3.8, 4) is 11.8 Å². The highest BCUT2D eigenvalue weighted by Crippen LogP contribution is 2.04. The van der Waals surface area contributed by atoms with Crippen LogP contribution in [-0.2, 0) is 6.42 Å². The third-order valence-corrected chi connectivity index (χ3v) is 2.09. The van der Waals surface area contributed by atoms with Crippen molar-refractivity contribution in [3.05, 3.63) is 30.1 Å². The predicted octanol–water partition coefficient (Wildman–Crippen LogP) is 1.75. The van der Waals surface area contributed by atoms with Gasteiger partial charge in [-0.1, -0.05) is 0 Å². The van der Waals surface area contributed by atoms with Gasteiger partial charge in [0.25, 0.3) is 0 Å². The fourth-order valence-electron chi connectivity index (χ4n) is 1.24. The van der Waals surface area contributed by atoms with E-state index in [1.807, 2.05) is 31.5 Å². The largest absolute Gasteiger partial charge is 0.327 e. The van der Waals surface area contributed by atoms with Crippen LogP contribution < -0.4 is 5.73 Å². The molecule has 0 saturated carbocycles. The van der Waals surface area contributed by atoms with Crippen LogP contribution in [0.4, 0.5) is 0 Å². The van der Waals surface area contributed by atoms with Crippen LogP contribution in [0.1, 0.15) is 25.3 Å². The van der Waals surface area contributed by atoms with Crippen molar-refractivity contribution in [1.29, 1.82) is 0 Å². The normalized spacial score (nSPS) is 11.6. The van der Waals surface area contributed by atoms with E-state index in [1.54, 1.807) is 0 Å². The number of nitrogens with two attached hydrogens (primary N) is 1. The smallest absolute Gasteiger partial charge is 0.0270 e. The Morgan fingerprint density at radius 3 is 2.79 bits per heavy atom. The SMILES string of the molecule is CC#CCC(N)CCc1ccncc1. The molecule has 0 aromatic carbocycles. The predicted molar refractivity (Wildman–Crippen MR) is 58.6 cm³/mol. The molecule has 0 aliphatic carbocycles. The van der Waals surface area contributed by atoms with Crippen molar-refractivity contribution in [2.24, 2.45) is 5.73 Å². The summed E-state index contributed by atoms with van der Waals surface area (Å²) in [6.07, 6.45) is 6.41. The minimum atomic E-state index is 0.190. The highest BCUT2D eigenvalue weighted by atomic mass is 14.6. The van der Waals surface area contributed by atoms with Gasteiger partial charge in [-0.05, 0) is 37.5 Å². The van der Waals surface area contributed by atoms with Crippen molar-refractivity contribution in [1.82, 2.24) is 4.98 Å². The molecule has 1 aromatic heterocycles. The molecule has 0 saturated heterocycles. The topological polar surface area (TPSA) is 38.9 Å². The number of hydrogen-bond donors (Lipinski definition) is 1. The second kappa shape index (κ2) is 6.17. The molecule has 1 unspecified atom stereocenters. The maximum absolute atomic E-state index is 5.89. The molecule has 0 spiro atoms. The molecule has 0 bridgehead atoms. The van der Waals surface area contributed by atoms with Crippen LogP contribution in [0.5, 0.6) is 0 Å². The first-order chi connectivity index (χ1) is 6.83. The third kappa shape index (κ3) is 4.06. The summed E-state index contributed by atoms with van der Waals surface area (Å²) in [6, 6.07) is 4.24.